The molecule has 0 unspecified atom stereocenters. The Morgan fingerprint density at radius 1 is 1.00 bits per heavy atom. The number of hydrogen-bond acceptors (Lipinski definition) is 0. The minimum atomic E-state index is 0. The first-order chi connectivity index (χ1) is 0. The van der Waals surface area contributed by atoms with Gasteiger partial charge in [0.15, 0.2) is 0 Å². The summed E-state index contributed by atoms with van der Waals surface area (Å²) in [6, 6.07) is 0. The quantitative estimate of drug-likeness (QED) is 0.400. The first-order valence-corrected chi connectivity index (χ1v) is 0. The molecule has 0 saturated carbocycles. The second kappa shape index (κ2) is 16.1. The Morgan fingerprint density at radius 3 is 1.00 bits per heavy atom. The van der Waals surface area contributed by atoms with Crippen molar-refractivity contribution in [2.24, 2.45) is 0 Å². The van der Waals surface area contributed by atoms with Gasteiger partial charge in [0.1, 0.15) is 0 Å². The van der Waals surface area contributed by atoms with Crippen LogP contribution in [0, 0.1) is 0 Å². The van der Waals surface area contributed by atoms with E-state index in [1.54, 1.807) is 0 Å². The maximum atomic E-state index is 0. The molecule has 0 saturated heterocycles. The van der Waals surface area contributed by atoms with Gasteiger partial charge >= 0.3 is 0 Å². The van der Waals surface area contributed by atoms with Gasteiger partial charge in [-0.05, 0) is 0 Å². The van der Waals surface area contributed by atoms with Gasteiger partial charge in [0.25, 0.3) is 0 Å². The predicted octanol–water partition coefficient (Wildman–Crippen LogP) is -1.52. The van der Waals surface area contributed by atoms with Crippen LogP contribution in [0.5, 0.6) is 0 Å². The average Bonchev–Trinajstić information content (AvgIpc) is 0. The molecule has 0 aromatic rings. The third kappa shape index (κ3) is 9.09. The van der Waals surface area contributed by atoms with Crippen LogP contribution in [0.4, 0.5) is 0 Å². The van der Waals surface area contributed by atoms with E-state index in [4.69, 9.17) is 0 Å². The molecular weight excluding hydrogens is 183 g/mol. The van der Waals surface area contributed by atoms with Crippen LogP contribution in [0.1, 0.15) is 0 Å². The summed E-state index contributed by atoms with van der Waals surface area (Å²) in [5, 5.41) is 0. The molecule has 0 aliphatic carbocycles. The minimum Gasteiger partial charge on any atom is 0 e. The zero-order chi connectivity index (χ0) is 0. The van der Waals surface area contributed by atoms with Gasteiger partial charge < -0.3 is 0 Å². The summed E-state index contributed by atoms with van der Waals surface area (Å²) in [6.45, 7) is 0. The summed E-state index contributed by atoms with van der Waals surface area (Å²) in [5.74, 6) is 0. The molecule has 11 valence electrons. The van der Waals surface area contributed by atoms with E-state index in [2.05, 4.69) is 0 Å². The zero-order valence-electron chi connectivity index (χ0n) is 2.49. The standard InChI is InChI=1S/Al.Ca.Si.Sr. The van der Waals surface area contributed by atoms with E-state index < -0.39 is 0 Å². The van der Waals surface area contributed by atoms with E-state index in [-0.39, 0.29) is 112 Å². The summed E-state index contributed by atoms with van der Waals surface area (Å²) in [4.78, 5) is 0. The Balaban J connectivity index is 0. The van der Waals surface area contributed by atoms with Crippen molar-refractivity contribution in [1.82, 2.24) is 0 Å². The Bertz CT molecular complexity index is 8.00. The molecule has 0 atom stereocenters. The van der Waals surface area contributed by atoms with Gasteiger partial charge in [0.05, 0.1) is 0 Å². The van der Waals surface area contributed by atoms with E-state index in [9.17, 15) is 0 Å². The Morgan fingerprint density at radius 2 is 1.00 bits per heavy atom. The monoisotopic (exact) mass is 183 g/mol. The normalized spacial score (nSPS) is 0. The Labute approximate surface area is 109 Å². The summed E-state index contributed by atoms with van der Waals surface area (Å²) in [5.41, 5.74) is 0. The van der Waals surface area contributed by atoms with Crippen molar-refractivity contribution in [1.29, 1.82) is 0 Å². The van der Waals surface area contributed by atoms with Crippen LogP contribution in [-0.4, -0.2) is 112 Å². The molecule has 0 N–H and O–H groups in total. The summed E-state index contributed by atoms with van der Waals surface area (Å²) in [6.07, 6.45) is 0. The molecule has 11 radical (unpaired) electrons. The average molecular weight is 183 g/mol. The third-order valence-corrected chi connectivity index (χ3v) is 0. The van der Waals surface area contributed by atoms with Crippen LogP contribution in [0.2, 0.25) is 0 Å². The number of hydrogen-bond donors (Lipinski definition) is 0. The van der Waals surface area contributed by atoms with Crippen molar-refractivity contribution in [3.63, 3.8) is 0 Å². The fourth-order valence-corrected chi connectivity index (χ4v) is 0. The SMILES string of the molecule is [Al].[Ca].[Si].[Sr]. The molecular formula is AlCaSiSr. The summed E-state index contributed by atoms with van der Waals surface area (Å²) >= 11 is 0. The smallest absolute Gasteiger partial charge is 0 e. The van der Waals surface area contributed by atoms with E-state index >= 15 is 0 Å². The maximum absolute atomic E-state index is 0. The molecule has 0 bridgehead atoms. The van der Waals surface area contributed by atoms with Crippen molar-refractivity contribution < 1.29 is 0 Å². The molecule has 0 nitrogen and oxygen atoms in total. The fraction of sp³-hybridized carbons (Fsp3) is 0. The topological polar surface area (TPSA) is 0 Å². The van der Waals surface area contributed by atoms with E-state index in [1.165, 1.54) is 0 Å². The summed E-state index contributed by atoms with van der Waals surface area (Å²) in [7, 11) is 0. The first-order valence-electron chi connectivity index (χ1n) is 0. The molecule has 0 amide bonds. The van der Waals surface area contributed by atoms with Gasteiger partial charge in [-0.15, -0.1) is 0 Å². The van der Waals surface area contributed by atoms with Crippen molar-refractivity contribution in [2.45, 2.75) is 0 Å². The van der Waals surface area contributed by atoms with Gasteiger partial charge in [0.2, 0.25) is 0 Å². The molecule has 0 aromatic carbocycles. The second-order valence-electron chi connectivity index (χ2n) is 0. The van der Waals surface area contributed by atoms with Gasteiger partial charge in [-0.2, -0.15) is 0 Å². The maximum Gasteiger partial charge on any atom is 0 e. The Kier molecular flexibility index (Phi) is 104. The second-order valence-corrected chi connectivity index (χ2v) is 0. The predicted molar refractivity (Wildman–Crippen MR) is 23.0 cm³/mol. The summed E-state index contributed by atoms with van der Waals surface area (Å²) < 4.78 is 0. The van der Waals surface area contributed by atoms with E-state index in [0.29, 0.717) is 0 Å². The Hall–Kier alpha value is 3.49. The fourth-order valence-electron chi connectivity index (χ4n) is 0. The van der Waals surface area contributed by atoms with Crippen molar-refractivity contribution in [3.8, 4) is 0 Å². The van der Waals surface area contributed by atoms with Crippen LogP contribution in [0.15, 0.2) is 0 Å². The van der Waals surface area contributed by atoms with Crippen molar-refractivity contribution in [3.05, 3.63) is 0 Å². The number of rotatable bonds is 0. The van der Waals surface area contributed by atoms with Crippen molar-refractivity contribution in [2.75, 3.05) is 0 Å². The van der Waals surface area contributed by atoms with Crippen LogP contribution < -0.4 is 0 Å². The van der Waals surface area contributed by atoms with Crippen LogP contribution in [-0.2, 0) is 0 Å². The van der Waals surface area contributed by atoms with Gasteiger partial charge in [-0.25, -0.2) is 0 Å². The molecule has 4 heavy (non-hydrogen) atoms. The van der Waals surface area contributed by atoms with Crippen molar-refractivity contribution >= 4 is 112 Å². The molecule has 0 aliphatic heterocycles. The zero-order valence-corrected chi connectivity index (χ0v) is 10.3. The van der Waals surface area contributed by atoms with Crippen LogP contribution >= 0.6 is 0 Å². The van der Waals surface area contributed by atoms with Gasteiger partial charge in [-0.3, -0.25) is 0 Å². The molecule has 0 fully saturated rings. The van der Waals surface area contributed by atoms with Gasteiger partial charge in [-0.1, -0.05) is 0 Å². The van der Waals surface area contributed by atoms with E-state index in [1.807, 2.05) is 0 Å². The van der Waals surface area contributed by atoms with Crippen LogP contribution in [0.3, 0.4) is 0 Å². The molecule has 0 aromatic heterocycles. The molecule has 4 heteroatoms. The van der Waals surface area contributed by atoms with E-state index in [0.717, 1.165) is 0 Å². The van der Waals surface area contributed by atoms with Crippen LogP contribution in [0.25, 0.3) is 0 Å². The first kappa shape index (κ1) is 25.9. The molecule has 0 heterocycles. The molecule has 0 aliphatic rings. The molecule has 0 rings (SSSR count). The van der Waals surface area contributed by atoms with Gasteiger partial charge in [0, 0.05) is 112 Å². The minimum absolute atomic E-state index is 0. The third-order valence-electron chi connectivity index (χ3n) is 0. The largest absolute Gasteiger partial charge is 0 e. The molecule has 0 spiro atoms.